The Morgan fingerprint density at radius 1 is 1.35 bits per heavy atom. The highest BCUT2D eigenvalue weighted by molar-refractivity contribution is 5.68. The summed E-state index contributed by atoms with van der Waals surface area (Å²) in [5.74, 6) is -0.438. The highest BCUT2D eigenvalue weighted by Crippen LogP contribution is 2.15. The fourth-order valence-electron chi connectivity index (χ4n) is 1.12. The zero-order valence-electron chi connectivity index (χ0n) is 10.6. The second-order valence-electron chi connectivity index (χ2n) is 5.20. The van der Waals surface area contributed by atoms with E-state index in [-0.39, 0.29) is 5.82 Å². The van der Waals surface area contributed by atoms with Gasteiger partial charge in [-0.2, -0.15) is 0 Å². The average Bonchev–Trinajstić information content (AvgIpc) is 2.46. The van der Waals surface area contributed by atoms with Gasteiger partial charge in [-0.25, -0.2) is 9.59 Å². The quantitative estimate of drug-likeness (QED) is 0.811. The second kappa shape index (κ2) is 4.23. The van der Waals surface area contributed by atoms with Crippen molar-refractivity contribution in [2.24, 2.45) is 0 Å². The van der Waals surface area contributed by atoms with E-state index in [9.17, 15) is 9.59 Å². The number of nitrogens with zero attached hydrogens (tertiary/aromatic N) is 1. The van der Waals surface area contributed by atoms with Crippen molar-refractivity contribution in [1.29, 1.82) is 0 Å². The number of hydrogen-bond donors (Lipinski definition) is 2. The number of alkyl carbamates (subject to hydrolysis) is 1. The smallest absolute Gasteiger partial charge is 0.438 e. The lowest BCUT2D eigenvalue weighted by Gasteiger charge is -2.26. The Kier molecular flexibility index (Phi) is 3.30. The first-order valence-electron chi connectivity index (χ1n) is 5.18. The fraction of sp³-hybridized carbons (Fsp3) is 0.700. The summed E-state index contributed by atoms with van der Waals surface area (Å²) < 4.78 is 9.48. The Morgan fingerprint density at radius 3 is 2.35 bits per heavy atom. The highest BCUT2D eigenvalue weighted by atomic mass is 16.6. The summed E-state index contributed by atoms with van der Waals surface area (Å²) in [6.45, 7) is 8.63. The molecule has 7 nitrogen and oxygen atoms in total. The number of hydrogen-bond acceptors (Lipinski definition) is 5. The maximum Gasteiger partial charge on any atom is 0.438 e. The van der Waals surface area contributed by atoms with Gasteiger partial charge in [-0.1, -0.05) is 5.16 Å². The average molecular weight is 243 g/mol. The summed E-state index contributed by atoms with van der Waals surface area (Å²) in [5, 5.41) is 6.11. The predicted octanol–water partition coefficient (Wildman–Crippen LogP) is 1.12. The van der Waals surface area contributed by atoms with Crippen molar-refractivity contribution in [1.82, 2.24) is 15.5 Å². The molecule has 0 saturated carbocycles. The molecule has 1 rings (SSSR count). The van der Waals surface area contributed by atoms with Crippen molar-refractivity contribution >= 4 is 6.09 Å². The molecular formula is C10H17N3O4. The molecule has 0 radical (unpaired) electrons. The van der Waals surface area contributed by atoms with Gasteiger partial charge in [-0.3, -0.25) is 9.51 Å². The van der Waals surface area contributed by atoms with E-state index in [4.69, 9.17) is 4.74 Å². The van der Waals surface area contributed by atoms with Crippen LogP contribution in [0.3, 0.4) is 0 Å². The van der Waals surface area contributed by atoms with Gasteiger partial charge >= 0.3 is 11.8 Å². The molecule has 0 bridgehead atoms. The largest absolute Gasteiger partial charge is 0.444 e. The number of aromatic amines is 1. The Hall–Kier alpha value is -1.79. The molecule has 7 heteroatoms. The van der Waals surface area contributed by atoms with Gasteiger partial charge in [0, 0.05) is 0 Å². The number of ether oxygens (including phenoxy) is 1. The van der Waals surface area contributed by atoms with E-state index in [1.54, 1.807) is 34.6 Å². The number of nitrogens with one attached hydrogen (secondary N) is 2. The molecule has 96 valence electrons. The van der Waals surface area contributed by atoms with Gasteiger partial charge in [-0.05, 0) is 34.6 Å². The molecule has 1 aromatic rings. The van der Waals surface area contributed by atoms with Crippen LogP contribution in [-0.2, 0) is 10.3 Å². The molecule has 1 heterocycles. The van der Waals surface area contributed by atoms with Crippen LogP contribution in [0.1, 0.15) is 40.4 Å². The van der Waals surface area contributed by atoms with Gasteiger partial charge in [0.2, 0.25) is 0 Å². The van der Waals surface area contributed by atoms with Gasteiger partial charge < -0.3 is 10.1 Å². The van der Waals surface area contributed by atoms with Crippen LogP contribution in [-0.4, -0.2) is 21.8 Å². The maximum absolute atomic E-state index is 11.6. The molecule has 1 aromatic heterocycles. The van der Waals surface area contributed by atoms with Crippen molar-refractivity contribution < 1.29 is 14.1 Å². The molecule has 0 aliphatic carbocycles. The van der Waals surface area contributed by atoms with Crippen LogP contribution in [0.25, 0.3) is 0 Å². The Balaban J connectivity index is 2.73. The number of carbonyl (C=O) groups excluding carboxylic acids is 1. The monoisotopic (exact) mass is 243 g/mol. The van der Waals surface area contributed by atoms with Crippen molar-refractivity contribution in [3.8, 4) is 0 Å². The molecule has 0 spiro atoms. The molecular weight excluding hydrogens is 226 g/mol. The molecule has 2 N–H and O–H groups in total. The minimum atomic E-state index is -0.880. The second-order valence-corrected chi connectivity index (χ2v) is 5.20. The lowest BCUT2D eigenvalue weighted by Crippen LogP contribution is -2.44. The molecule has 0 fully saturated rings. The van der Waals surface area contributed by atoms with Crippen LogP contribution in [0.2, 0.25) is 0 Å². The standard InChI is InChI=1S/C10H17N3O4/c1-9(2,3)16-8(15)12-10(4,5)6-11-7(14)17-13-6/h1-5H3,(H,12,15)(H,11,13,14). The van der Waals surface area contributed by atoms with E-state index in [2.05, 4.69) is 20.0 Å². The first-order chi connectivity index (χ1) is 7.60. The van der Waals surface area contributed by atoms with Crippen LogP contribution < -0.4 is 11.1 Å². The minimum Gasteiger partial charge on any atom is -0.444 e. The van der Waals surface area contributed by atoms with Crippen LogP contribution in [0.5, 0.6) is 0 Å². The number of amides is 1. The van der Waals surface area contributed by atoms with Crippen molar-refractivity contribution in [2.45, 2.75) is 45.8 Å². The number of aromatic nitrogens is 2. The zero-order valence-corrected chi connectivity index (χ0v) is 10.6. The summed E-state index contributed by atoms with van der Waals surface area (Å²) in [7, 11) is 0. The summed E-state index contributed by atoms with van der Waals surface area (Å²) in [6.07, 6.45) is -0.591. The number of H-pyrrole nitrogens is 1. The molecule has 0 atom stereocenters. The molecule has 0 aliphatic rings. The maximum atomic E-state index is 11.6. The molecule has 0 unspecified atom stereocenters. The fourth-order valence-corrected chi connectivity index (χ4v) is 1.12. The third kappa shape index (κ3) is 3.93. The SMILES string of the molecule is CC(C)(C)OC(=O)NC(C)(C)c1noc(=O)[nH]1. The molecule has 0 aromatic carbocycles. The lowest BCUT2D eigenvalue weighted by molar-refractivity contribution is 0.0465. The van der Waals surface area contributed by atoms with Gasteiger partial charge in [-0.15, -0.1) is 0 Å². The van der Waals surface area contributed by atoms with Crippen molar-refractivity contribution in [3.63, 3.8) is 0 Å². The van der Waals surface area contributed by atoms with Crippen LogP contribution in [0, 0.1) is 0 Å². The summed E-state index contributed by atoms with van der Waals surface area (Å²) in [5.41, 5.74) is -1.47. The zero-order chi connectivity index (χ0) is 13.3. The van der Waals surface area contributed by atoms with Crippen molar-refractivity contribution in [3.05, 3.63) is 16.4 Å². The van der Waals surface area contributed by atoms with E-state index in [0.29, 0.717) is 0 Å². The molecule has 0 saturated heterocycles. The highest BCUT2D eigenvalue weighted by Gasteiger charge is 2.29. The Morgan fingerprint density at radius 2 is 1.94 bits per heavy atom. The van der Waals surface area contributed by atoms with Gasteiger partial charge in [0.25, 0.3) is 0 Å². The van der Waals surface area contributed by atoms with Crippen LogP contribution >= 0.6 is 0 Å². The van der Waals surface area contributed by atoms with Crippen LogP contribution in [0.15, 0.2) is 9.32 Å². The number of rotatable bonds is 2. The van der Waals surface area contributed by atoms with Crippen LogP contribution in [0.4, 0.5) is 4.79 Å². The topological polar surface area (TPSA) is 97.2 Å². The Bertz CT molecular complexity index is 453. The first-order valence-corrected chi connectivity index (χ1v) is 5.18. The van der Waals surface area contributed by atoms with Crippen molar-refractivity contribution in [2.75, 3.05) is 0 Å². The van der Waals surface area contributed by atoms with Gasteiger partial charge in [0.1, 0.15) is 5.60 Å². The summed E-state index contributed by atoms with van der Waals surface area (Å²) in [4.78, 5) is 24.8. The third-order valence-electron chi connectivity index (χ3n) is 1.85. The summed E-state index contributed by atoms with van der Waals surface area (Å²) >= 11 is 0. The Labute approximate surface area is 98.5 Å². The van der Waals surface area contributed by atoms with E-state index >= 15 is 0 Å². The molecule has 17 heavy (non-hydrogen) atoms. The van der Waals surface area contributed by atoms with E-state index in [1.165, 1.54) is 0 Å². The van der Waals surface area contributed by atoms with E-state index in [1.807, 2.05) is 0 Å². The summed E-state index contributed by atoms with van der Waals surface area (Å²) in [6, 6.07) is 0. The van der Waals surface area contributed by atoms with E-state index in [0.717, 1.165) is 0 Å². The first kappa shape index (κ1) is 13.3. The van der Waals surface area contributed by atoms with E-state index < -0.39 is 23.0 Å². The predicted molar refractivity (Wildman–Crippen MR) is 59.5 cm³/mol. The van der Waals surface area contributed by atoms with Gasteiger partial charge in [0.05, 0.1) is 5.54 Å². The normalized spacial score (nSPS) is 12.3. The minimum absolute atomic E-state index is 0.230. The molecule has 0 aliphatic heterocycles. The third-order valence-corrected chi connectivity index (χ3v) is 1.85. The van der Waals surface area contributed by atoms with Gasteiger partial charge in [0.15, 0.2) is 5.82 Å². The lowest BCUT2D eigenvalue weighted by atomic mass is 10.1. The molecule has 1 amide bonds. The number of carbonyl (C=O) groups is 1.